The third-order valence-corrected chi connectivity index (χ3v) is 3.43. The minimum Gasteiger partial charge on any atom is -0.493 e. The number of nitrogens with zero attached hydrogens (tertiary/aromatic N) is 1. The van der Waals surface area contributed by atoms with Crippen LogP contribution < -0.4 is 4.74 Å². The lowest BCUT2D eigenvalue weighted by molar-refractivity contribution is 0.317. The average molecular weight is 258 g/mol. The molecule has 0 aliphatic carbocycles. The first-order chi connectivity index (χ1) is 9.09. The van der Waals surface area contributed by atoms with Gasteiger partial charge >= 0.3 is 0 Å². The Balaban J connectivity index is 2.00. The highest BCUT2D eigenvalue weighted by Crippen LogP contribution is 2.26. The van der Waals surface area contributed by atoms with E-state index >= 15 is 0 Å². The summed E-state index contributed by atoms with van der Waals surface area (Å²) in [6, 6.07) is 8.26. The largest absolute Gasteiger partial charge is 0.493 e. The van der Waals surface area contributed by atoms with Crippen molar-refractivity contribution in [3.63, 3.8) is 0 Å². The van der Waals surface area contributed by atoms with Crippen molar-refractivity contribution in [1.82, 2.24) is 10.2 Å². The lowest BCUT2D eigenvalue weighted by Crippen LogP contribution is -2.05. The first kappa shape index (κ1) is 13.7. The van der Waals surface area contributed by atoms with Gasteiger partial charge in [0.2, 0.25) is 0 Å². The van der Waals surface area contributed by atoms with E-state index in [0.717, 1.165) is 23.6 Å². The molecule has 19 heavy (non-hydrogen) atoms. The van der Waals surface area contributed by atoms with Crippen LogP contribution in [0.5, 0.6) is 5.75 Å². The van der Waals surface area contributed by atoms with Crippen molar-refractivity contribution >= 4 is 0 Å². The van der Waals surface area contributed by atoms with Crippen molar-refractivity contribution in [3.8, 4) is 5.75 Å². The second-order valence-corrected chi connectivity index (χ2v) is 5.20. The van der Waals surface area contributed by atoms with Gasteiger partial charge in [0.15, 0.2) is 0 Å². The van der Waals surface area contributed by atoms with Crippen LogP contribution in [0.2, 0.25) is 0 Å². The normalized spacial score (nSPS) is 11.0. The number of hydrogen-bond acceptors (Lipinski definition) is 2. The summed E-state index contributed by atoms with van der Waals surface area (Å²) in [6.07, 6.45) is 0.889. The summed E-state index contributed by atoms with van der Waals surface area (Å²) in [6.45, 7) is 9.14. The van der Waals surface area contributed by atoms with Gasteiger partial charge in [0, 0.05) is 12.1 Å². The zero-order chi connectivity index (χ0) is 13.8. The predicted molar refractivity (Wildman–Crippen MR) is 77.8 cm³/mol. The molecule has 0 spiro atoms. The van der Waals surface area contributed by atoms with Crippen molar-refractivity contribution < 1.29 is 4.74 Å². The van der Waals surface area contributed by atoms with Crippen LogP contribution in [0.1, 0.15) is 42.3 Å². The molecule has 0 radical (unpaired) electrons. The quantitative estimate of drug-likeness (QED) is 0.886. The van der Waals surface area contributed by atoms with E-state index in [1.807, 2.05) is 19.1 Å². The predicted octanol–water partition coefficient (Wildman–Crippen LogP) is 3.77. The van der Waals surface area contributed by atoms with Gasteiger partial charge in [-0.2, -0.15) is 5.10 Å². The Kier molecular flexibility index (Phi) is 4.25. The fourth-order valence-corrected chi connectivity index (χ4v) is 2.29. The van der Waals surface area contributed by atoms with Crippen molar-refractivity contribution in [2.45, 2.75) is 40.0 Å². The number of aromatic nitrogens is 2. The minimum absolute atomic E-state index is 0.480. The number of rotatable bonds is 5. The zero-order valence-electron chi connectivity index (χ0n) is 12.2. The summed E-state index contributed by atoms with van der Waals surface area (Å²) in [5.74, 6) is 1.48. The molecule has 0 aliphatic rings. The lowest BCUT2D eigenvalue weighted by Gasteiger charge is -2.13. The lowest BCUT2D eigenvalue weighted by atomic mass is 10.0. The number of ether oxygens (including phenoxy) is 1. The molecule has 3 nitrogen and oxygen atoms in total. The number of benzene rings is 1. The summed E-state index contributed by atoms with van der Waals surface area (Å²) in [7, 11) is 0. The smallest absolute Gasteiger partial charge is 0.122 e. The molecule has 1 aromatic carbocycles. The Labute approximate surface area is 115 Å². The van der Waals surface area contributed by atoms with Crippen LogP contribution in [0.25, 0.3) is 0 Å². The Morgan fingerprint density at radius 1 is 1.21 bits per heavy atom. The standard InChI is InChI=1S/C16H22N2O/c1-11(2)14-7-5-6-8-16(14)19-10-9-15-12(3)17-18-13(15)4/h5-8,11H,9-10H2,1-4H3,(H,17,18). The molecule has 0 amide bonds. The van der Waals surface area contributed by atoms with E-state index in [1.54, 1.807) is 0 Å². The molecule has 0 fully saturated rings. The van der Waals surface area contributed by atoms with Gasteiger partial charge in [-0.15, -0.1) is 0 Å². The molecule has 0 unspecified atom stereocenters. The number of hydrogen-bond donors (Lipinski definition) is 1. The van der Waals surface area contributed by atoms with Crippen molar-refractivity contribution in [1.29, 1.82) is 0 Å². The highest BCUT2D eigenvalue weighted by atomic mass is 16.5. The first-order valence-corrected chi connectivity index (χ1v) is 6.81. The molecule has 3 heteroatoms. The van der Waals surface area contributed by atoms with E-state index in [0.29, 0.717) is 12.5 Å². The summed E-state index contributed by atoms with van der Waals surface area (Å²) in [4.78, 5) is 0. The van der Waals surface area contributed by atoms with Crippen LogP contribution >= 0.6 is 0 Å². The van der Waals surface area contributed by atoms with E-state index in [4.69, 9.17) is 4.74 Å². The van der Waals surface area contributed by atoms with Crippen molar-refractivity contribution in [2.24, 2.45) is 0 Å². The van der Waals surface area contributed by atoms with E-state index in [2.05, 4.69) is 43.1 Å². The fraction of sp³-hybridized carbons (Fsp3) is 0.438. The highest BCUT2D eigenvalue weighted by molar-refractivity contribution is 5.35. The molecule has 2 aromatic rings. The maximum Gasteiger partial charge on any atom is 0.122 e. The number of para-hydroxylation sites is 1. The van der Waals surface area contributed by atoms with Gasteiger partial charge in [-0.3, -0.25) is 5.10 Å². The maximum absolute atomic E-state index is 5.94. The summed E-state index contributed by atoms with van der Waals surface area (Å²) in [5, 5.41) is 7.22. The highest BCUT2D eigenvalue weighted by Gasteiger charge is 2.09. The fourth-order valence-electron chi connectivity index (χ4n) is 2.29. The minimum atomic E-state index is 0.480. The van der Waals surface area contributed by atoms with Gasteiger partial charge in [-0.1, -0.05) is 32.0 Å². The maximum atomic E-state index is 5.94. The monoisotopic (exact) mass is 258 g/mol. The van der Waals surface area contributed by atoms with Crippen LogP contribution in [-0.2, 0) is 6.42 Å². The molecule has 0 aliphatic heterocycles. The Morgan fingerprint density at radius 3 is 2.58 bits per heavy atom. The number of aromatic amines is 1. The topological polar surface area (TPSA) is 37.9 Å². The molecule has 0 bridgehead atoms. The molecule has 0 atom stereocenters. The summed E-state index contributed by atoms with van der Waals surface area (Å²) >= 11 is 0. The molecule has 0 saturated carbocycles. The number of aryl methyl sites for hydroxylation is 2. The van der Waals surface area contributed by atoms with E-state index in [9.17, 15) is 0 Å². The van der Waals surface area contributed by atoms with Crippen molar-refractivity contribution in [3.05, 3.63) is 46.8 Å². The van der Waals surface area contributed by atoms with Gasteiger partial charge in [0.1, 0.15) is 5.75 Å². The molecule has 1 N–H and O–H groups in total. The van der Waals surface area contributed by atoms with Gasteiger partial charge in [-0.25, -0.2) is 0 Å². The SMILES string of the molecule is Cc1n[nH]c(C)c1CCOc1ccccc1C(C)C. The third kappa shape index (κ3) is 3.16. The molecular formula is C16H22N2O. The van der Waals surface area contributed by atoms with E-state index in [1.165, 1.54) is 11.1 Å². The van der Waals surface area contributed by atoms with Crippen LogP contribution in [0, 0.1) is 13.8 Å². The Bertz CT molecular complexity index is 524. The summed E-state index contributed by atoms with van der Waals surface area (Å²) < 4.78 is 5.94. The van der Waals surface area contributed by atoms with Gasteiger partial charge in [0.05, 0.1) is 12.3 Å². The molecule has 1 aromatic heterocycles. The number of nitrogens with one attached hydrogen (secondary N) is 1. The second-order valence-electron chi connectivity index (χ2n) is 5.20. The van der Waals surface area contributed by atoms with Crippen LogP contribution in [0.3, 0.4) is 0 Å². The van der Waals surface area contributed by atoms with Crippen LogP contribution in [0.15, 0.2) is 24.3 Å². The molecule has 1 heterocycles. The van der Waals surface area contributed by atoms with Gasteiger partial charge in [-0.05, 0) is 37.0 Å². The van der Waals surface area contributed by atoms with Crippen LogP contribution in [-0.4, -0.2) is 16.8 Å². The molecule has 102 valence electrons. The van der Waals surface area contributed by atoms with Crippen LogP contribution in [0.4, 0.5) is 0 Å². The van der Waals surface area contributed by atoms with E-state index in [-0.39, 0.29) is 0 Å². The summed E-state index contributed by atoms with van der Waals surface area (Å²) in [5.41, 5.74) is 4.74. The number of H-pyrrole nitrogens is 1. The first-order valence-electron chi connectivity index (χ1n) is 6.81. The zero-order valence-corrected chi connectivity index (χ0v) is 12.2. The van der Waals surface area contributed by atoms with Crippen molar-refractivity contribution in [2.75, 3.05) is 6.61 Å². The second kappa shape index (κ2) is 5.91. The molecular weight excluding hydrogens is 236 g/mol. The molecule has 0 saturated heterocycles. The third-order valence-electron chi connectivity index (χ3n) is 3.43. The van der Waals surface area contributed by atoms with Gasteiger partial charge in [0.25, 0.3) is 0 Å². The average Bonchev–Trinajstić information content (AvgIpc) is 2.70. The Morgan fingerprint density at radius 2 is 1.95 bits per heavy atom. The Hall–Kier alpha value is -1.77. The van der Waals surface area contributed by atoms with Gasteiger partial charge < -0.3 is 4.74 Å². The van der Waals surface area contributed by atoms with E-state index < -0.39 is 0 Å². The molecule has 2 rings (SSSR count).